The van der Waals surface area contributed by atoms with Gasteiger partial charge in [-0.1, -0.05) is 150 Å². The van der Waals surface area contributed by atoms with Crippen molar-refractivity contribution < 1.29 is 83.9 Å². The molecule has 5 atom stereocenters. The number of benzene rings is 6. The van der Waals surface area contributed by atoms with Crippen molar-refractivity contribution in [3.8, 4) is 34.4 Å². The zero-order valence-electron chi connectivity index (χ0n) is 75.1. The number of unbranched alkanes of at least 4 members (excludes halogenated alkanes) is 10. The summed E-state index contributed by atoms with van der Waals surface area (Å²) in [6.45, 7) is 36.7. The van der Waals surface area contributed by atoms with Crippen LogP contribution in [0.4, 0.5) is 38.9 Å². The second kappa shape index (κ2) is 47.0. The Balaban J connectivity index is 0.000000249. The SMILES string of the molecule is [C-]#[N+]c1c(C(=O)OC2C(C)CC(C)CC2C)c2nc(-c3cc(Cc4cccc(C(=O)OCCCCCCCC)c4)cc(NOS(=S)c4cccc(C(=O)OCCCCCCCC)c4)c3)[nH]n2c1OC(=O)N1CCOCC1.[C-]#[N+]c1cn2[nH]c(-c3cc(NCOc4cccc(S(N)(=O)=O)c4)c(C)c(N(C=O)c4cccc(SOON)c4)c3)nc2c1C(=O)OC1C(C)CC(C)CC1C. The number of carbonyl (C=O) groups excluding carboxylic acids is 6. The summed E-state index contributed by atoms with van der Waals surface area (Å²) in [5.74, 6) is 4.95. The number of nitrogens with zero attached hydrogens (tertiary/aromatic N) is 8. The van der Waals surface area contributed by atoms with Gasteiger partial charge in [0.25, 0.3) is 5.69 Å². The highest BCUT2D eigenvalue weighted by molar-refractivity contribution is 8.26. The van der Waals surface area contributed by atoms with Gasteiger partial charge in [0.05, 0.1) is 88.7 Å². The molecule has 2 saturated carbocycles. The van der Waals surface area contributed by atoms with Crippen molar-refractivity contribution in [2.24, 2.45) is 46.5 Å². The maximum Gasteiger partial charge on any atom is 0.415 e. The Hall–Kier alpha value is -11.6. The van der Waals surface area contributed by atoms with Gasteiger partial charge in [-0.3, -0.25) is 29.9 Å². The van der Waals surface area contributed by atoms with E-state index in [-0.39, 0.29) is 112 Å². The van der Waals surface area contributed by atoms with Crippen LogP contribution in [0.1, 0.15) is 216 Å². The number of sulfonamides is 1. The zero-order chi connectivity index (χ0) is 93.4. The smallest absolute Gasteiger partial charge is 0.415 e. The molecule has 2 aliphatic carbocycles. The molecule has 8 N–H and O–H groups in total. The van der Waals surface area contributed by atoms with Gasteiger partial charge in [0.15, 0.2) is 29.7 Å². The third-order valence-corrected chi connectivity index (χ3v) is 26.7. The van der Waals surface area contributed by atoms with Gasteiger partial charge in [0.2, 0.25) is 28.0 Å². The van der Waals surface area contributed by atoms with Gasteiger partial charge in [-0.2, -0.15) is 10.2 Å². The lowest BCUT2D eigenvalue weighted by Crippen LogP contribution is -2.42. The number of rotatable bonds is 40. The van der Waals surface area contributed by atoms with Crippen LogP contribution in [-0.4, -0.2) is 137 Å². The predicted octanol–water partition coefficient (Wildman–Crippen LogP) is 19.6. The second-order valence-corrected chi connectivity index (χ2v) is 38.2. The average Bonchev–Trinajstić information content (AvgIpc) is 1.61. The standard InChI is InChI=1S/C58H74N6O10S2.C37H40N8O8S2/c1-7-9-11-13-15-17-27-70-55(65)44-22-19-21-42(34-44)33-43-35-46(37-47(36-43)62-74-76(75)48-24-20-23-45(38-48)56(66)71-28-18-16-14-12-10-8-2)52-60-53-49(57(67)72-51-40(4)31-39(3)32-41(51)5)50(59-6)54(64(53)61-52)73-58(68)63-25-29-69-30-26-63;1-21-12-22(2)34(23(3)13-21)51-37(47)33-31(40-5)18-45-36(33)42-35(43-45)25-14-30(41-19-50-27-9-7-11-29(17-27)55(39,48)49)24(4)32(15-25)44(20-46)26-8-6-10-28(16-26)54-53-52-38/h19-24,34-41,51,62H,7-18,25-33H2,1-5H3,(H,60,61);6-11,14-18,20-23,34,41H,12-13,19,38H2,1-4H3,(H,42,43)(H2,39,48,49). The number of morpholine rings is 1. The molecule has 1 saturated heterocycles. The summed E-state index contributed by atoms with van der Waals surface area (Å²) in [7, 11) is -5.23. The molecule has 10 aromatic rings. The number of aromatic amines is 2. The first kappa shape index (κ1) is 98.5. The first-order valence-electron chi connectivity index (χ1n) is 44.4. The van der Waals surface area contributed by atoms with Gasteiger partial charge >= 0.3 is 30.0 Å². The van der Waals surface area contributed by atoms with Crippen LogP contribution >= 0.6 is 12.0 Å². The number of hydrogen-bond acceptors (Lipinski definition) is 25. The maximum absolute atomic E-state index is 14.5. The normalized spacial score (nSPS) is 18.1. The van der Waals surface area contributed by atoms with Crippen LogP contribution < -0.4 is 36.2 Å². The molecule has 0 bridgehead atoms. The molecule has 36 heteroatoms. The van der Waals surface area contributed by atoms with Gasteiger partial charge < -0.3 is 43.4 Å². The molecule has 1 aliphatic heterocycles. The molecule has 3 aliphatic rings. The fraction of sp³-hybridized carbons (Fsp3) is 0.432. The number of nitrogens with two attached hydrogens (primary N) is 2. The van der Waals surface area contributed by atoms with E-state index in [0.717, 1.165) is 87.4 Å². The number of amides is 2. The highest BCUT2D eigenvalue weighted by Gasteiger charge is 2.40. The molecule has 0 radical (unpaired) electrons. The van der Waals surface area contributed by atoms with Crippen LogP contribution in [0.5, 0.6) is 11.6 Å². The van der Waals surface area contributed by atoms with E-state index in [1.54, 1.807) is 85.8 Å². The third-order valence-electron chi connectivity index (χ3n) is 23.6. The lowest BCUT2D eigenvalue weighted by molar-refractivity contribution is -0.195. The number of aromatic nitrogens is 6. The highest BCUT2D eigenvalue weighted by atomic mass is 32.8. The first-order chi connectivity index (χ1) is 63.2. The van der Waals surface area contributed by atoms with Crippen molar-refractivity contribution in [2.45, 2.75) is 198 Å². The molecular weight excluding hydrogens is 1750 g/mol. The number of esters is 4. The minimum atomic E-state index is -3.95. The number of carbonyl (C=O) groups is 6. The van der Waals surface area contributed by atoms with Crippen LogP contribution in [0.3, 0.4) is 0 Å². The molecule has 2 amide bonds. The van der Waals surface area contributed by atoms with E-state index >= 15 is 0 Å². The number of hydrogen-bond donors (Lipinski definition) is 6. The summed E-state index contributed by atoms with van der Waals surface area (Å²) < 4.78 is 78.4. The second-order valence-electron chi connectivity index (χ2n) is 33.8. The lowest BCUT2D eigenvalue weighted by Gasteiger charge is -2.37. The molecule has 696 valence electrons. The molecule has 13 rings (SSSR count). The number of nitrogens with one attached hydrogen (secondary N) is 4. The van der Waals surface area contributed by atoms with E-state index in [4.69, 9.17) is 87.1 Å². The lowest BCUT2D eigenvalue weighted by atomic mass is 9.75. The largest absolute Gasteiger partial charge is 0.473 e. The highest BCUT2D eigenvalue weighted by Crippen LogP contribution is 2.44. The van der Waals surface area contributed by atoms with Crippen molar-refractivity contribution >= 4 is 125 Å². The summed E-state index contributed by atoms with van der Waals surface area (Å²) in [5, 5.41) is 14.9. The summed E-state index contributed by atoms with van der Waals surface area (Å²) >= 11 is 6.70. The molecule has 3 fully saturated rings. The zero-order valence-corrected chi connectivity index (χ0v) is 78.3. The number of fused-ring (bicyclic) bond motifs is 2. The van der Waals surface area contributed by atoms with Gasteiger partial charge in [-0.05, 0) is 206 Å². The number of H-pyrrole nitrogens is 2. The van der Waals surface area contributed by atoms with E-state index in [1.165, 1.54) is 81.8 Å². The first-order valence-corrected chi connectivity index (χ1v) is 48.7. The van der Waals surface area contributed by atoms with Gasteiger partial charge in [-0.25, -0.2) is 61.7 Å². The molecular formula is C95H114N14O18S4. The summed E-state index contributed by atoms with van der Waals surface area (Å²) in [6.07, 6.45) is 17.7. The molecule has 32 nitrogen and oxygen atoms in total. The monoisotopic (exact) mass is 1870 g/mol. The Morgan fingerprint density at radius 1 is 0.679 bits per heavy atom. The Bertz CT molecular complexity index is 5890. The summed E-state index contributed by atoms with van der Waals surface area (Å²) in [4.78, 5) is 106. The Labute approximate surface area is 774 Å². The predicted molar refractivity (Wildman–Crippen MR) is 502 cm³/mol. The molecule has 5 heterocycles. The van der Waals surface area contributed by atoms with E-state index in [1.807, 2.05) is 30.3 Å². The minimum absolute atomic E-state index is 0.0427. The molecule has 5 unspecified atom stereocenters. The van der Waals surface area contributed by atoms with Crippen molar-refractivity contribution in [2.75, 3.05) is 61.9 Å². The average molecular weight is 1870 g/mol. The number of primary sulfonamides is 1. The molecule has 0 spiro atoms. The molecule has 131 heavy (non-hydrogen) atoms. The van der Waals surface area contributed by atoms with Crippen LogP contribution in [0.25, 0.3) is 43.8 Å². The van der Waals surface area contributed by atoms with Crippen LogP contribution in [0, 0.1) is 55.6 Å². The molecule has 6 aromatic carbocycles. The number of anilines is 4. The molecule has 4 aromatic heterocycles. The van der Waals surface area contributed by atoms with Crippen LogP contribution in [0.15, 0.2) is 148 Å². The Morgan fingerprint density at radius 3 is 1.90 bits per heavy atom. The Morgan fingerprint density at radius 2 is 1.27 bits per heavy atom. The minimum Gasteiger partial charge on any atom is -0.473 e. The van der Waals surface area contributed by atoms with E-state index in [9.17, 15) is 37.2 Å². The van der Waals surface area contributed by atoms with Crippen molar-refractivity contribution in [1.82, 2.24) is 34.1 Å². The van der Waals surface area contributed by atoms with Crippen LogP contribution in [-0.2, 0) is 79.5 Å². The third kappa shape index (κ3) is 25.8. The van der Waals surface area contributed by atoms with E-state index in [0.29, 0.717) is 117 Å². The summed E-state index contributed by atoms with van der Waals surface area (Å²) in [6, 6.07) is 36.0. The van der Waals surface area contributed by atoms with Gasteiger partial charge in [-0.15, -0.1) is 9.32 Å². The van der Waals surface area contributed by atoms with E-state index < -0.39 is 49.9 Å². The quantitative estimate of drug-likeness (QED) is 0.00239. The maximum atomic E-state index is 14.5. The summed E-state index contributed by atoms with van der Waals surface area (Å²) in [5.41, 5.74) is 9.18. The fourth-order valence-electron chi connectivity index (χ4n) is 17.3. The van der Waals surface area contributed by atoms with Crippen molar-refractivity contribution in [3.63, 3.8) is 0 Å². The van der Waals surface area contributed by atoms with Gasteiger partial charge in [0.1, 0.15) is 29.1 Å². The van der Waals surface area contributed by atoms with Crippen molar-refractivity contribution in [1.29, 1.82) is 0 Å². The fourth-order valence-corrected chi connectivity index (χ4v) is 19.4. The van der Waals surface area contributed by atoms with Gasteiger partial charge in [0, 0.05) is 57.6 Å². The van der Waals surface area contributed by atoms with Crippen molar-refractivity contribution in [3.05, 3.63) is 195 Å². The van der Waals surface area contributed by atoms with E-state index in [2.05, 4.69) is 91.1 Å². The Kier molecular flexibility index (Phi) is 35.3. The number of ether oxygens (including phenoxy) is 7. The van der Waals surface area contributed by atoms with Crippen LogP contribution in [0.2, 0.25) is 0 Å². The topological polar surface area (TPSA) is 386 Å².